The highest BCUT2D eigenvalue weighted by atomic mass is 35.5. The average molecular weight is 470 g/mol. The lowest BCUT2D eigenvalue weighted by Gasteiger charge is -2.12. The Morgan fingerprint density at radius 2 is 1.67 bits per heavy atom. The van der Waals surface area contributed by atoms with Crippen molar-refractivity contribution in [1.29, 1.82) is 0 Å². The first-order valence-corrected chi connectivity index (χ1v) is 10.2. The van der Waals surface area contributed by atoms with Crippen molar-refractivity contribution in [3.8, 4) is 11.5 Å². The lowest BCUT2D eigenvalue weighted by atomic mass is 10.1. The highest BCUT2D eigenvalue weighted by molar-refractivity contribution is 6.39. The number of ether oxygens (including phenoxy) is 2. The minimum Gasteiger partial charge on any atom is -0.493 e. The number of rotatable bonds is 7. The van der Waals surface area contributed by atoms with E-state index in [-0.39, 0.29) is 5.69 Å². The SMILES string of the molecule is COc1cc(/C(C)=N/NC(=O)C(=O)Nc2ccc(F)cc2)ccc1OCc1ccc(Cl)cc1. The van der Waals surface area contributed by atoms with Crippen LogP contribution in [0.5, 0.6) is 11.5 Å². The Labute approximate surface area is 195 Å². The van der Waals surface area contributed by atoms with Gasteiger partial charge in [-0.1, -0.05) is 23.7 Å². The van der Waals surface area contributed by atoms with Gasteiger partial charge in [0.05, 0.1) is 12.8 Å². The van der Waals surface area contributed by atoms with Gasteiger partial charge in [0.15, 0.2) is 11.5 Å². The lowest BCUT2D eigenvalue weighted by Crippen LogP contribution is -2.32. The number of nitrogens with one attached hydrogen (secondary N) is 2. The third-order valence-corrected chi connectivity index (χ3v) is 4.77. The molecule has 33 heavy (non-hydrogen) atoms. The van der Waals surface area contributed by atoms with E-state index >= 15 is 0 Å². The smallest absolute Gasteiger partial charge is 0.329 e. The van der Waals surface area contributed by atoms with Gasteiger partial charge in [-0.15, -0.1) is 0 Å². The van der Waals surface area contributed by atoms with E-state index in [9.17, 15) is 14.0 Å². The van der Waals surface area contributed by atoms with Crippen molar-refractivity contribution in [3.05, 3.63) is 88.7 Å². The van der Waals surface area contributed by atoms with Crippen LogP contribution in [0.15, 0.2) is 71.8 Å². The first-order valence-electron chi connectivity index (χ1n) is 9.82. The minimum absolute atomic E-state index is 0.288. The number of methoxy groups -OCH3 is 1. The molecule has 0 aliphatic heterocycles. The monoisotopic (exact) mass is 469 g/mol. The first kappa shape index (κ1) is 23.7. The number of carbonyl (C=O) groups excluding carboxylic acids is 2. The van der Waals surface area contributed by atoms with Crippen LogP contribution in [0.4, 0.5) is 10.1 Å². The number of carbonyl (C=O) groups is 2. The van der Waals surface area contributed by atoms with E-state index in [1.54, 1.807) is 37.3 Å². The Kier molecular flexibility index (Phi) is 7.99. The van der Waals surface area contributed by atoms with Crippen LogP contribution < -0.4 is 20.2 Å². The molecule has 0 unspecified atom stereocenters. The molecule has 7 nitrogen and oxygen atoms in total. The number of hydrazone groups is 1. The van der Waals surface area contributed by atoms with Crippen molar-refractivity contribution in [2.24, 2.45) is 5.10 Å². The van der Waals surface area contributed by atoms with Crippen LogP contribution in [-0.2, 0) is 16.2 Å². The maximum Gasteiger partial charge on any atom is 0.329 e. The van der Waals surface area contributed by atoms with E-state index in [2.05, 4.69) is 15.8 Å². The van der Waals surface area contributed by atoms with Crippen LogP contribution in [0.2, 0.25) is 5.02 Å². The van der Waals surface area contributed by atoms with E-state index in [1.165, 1.54) is 31.4 Å². The van der Waals surface area contributed by atoms with Gasteiger partial charge in [-0.2, -0.15) is 5.10 Å². The molecule has 3 aromatic rings. The molecular formula is C24H21ClFN3O4. The molecular weight excluding hydrogens is 449 g/mol. The molecule has 0 aromatic heterocycles. The van der Waals surface area contributed by atoms with Crippen LogP contribution in [0.1, 0.15) is 18.1 Å². The summed E-state index contributed by atoms with van der Waals surface area (Å²) in [5.74, 6) is -1.33. The molecule has 0 spiro atoms. The molecule has 0 heterocycles. The van der Waals surface area contributed by atoms with E-state index in [4.69, 9.17) is 21.1 Å². The standard InChI is InChI=1S/C24H21ClFN3O4/c1-15(28-29-24(31)23(30)27-20-10-8-19(26)9-11-20)17-5-12-21(22(13-17)32-2)33-14-16-3-6-18(25)7-4-16/h3-13H,14H2,1-2H3,(H,27,30)(H,29,31)/b28-15+. The number of nitrogens with zero attached hydrogens (tertiary/aromatic N) is 1. The van der Waals surface area contributed by atoms with Crippen molar-refractivity contribution in [1.82, 2.24) is 5.43 Å². The number of halogens is 2. The highest BCUT2D eigenvalue weighted by Gasteiger charge is 2.14. The first-order chi connectivity index (χ1) is 15.9. The Hall–Kier alpha value is -3.91. The second kappa shape index (κ2) is 11.1. The third kappa shape index (κ3) is 6.78. The maximum absolute atomic E-state index is 12.9. The molecule has 0 aliphatic rings. The van der Waals surface area contributed by atoms with Crippen molar-refractivity contribution >= 4 is 34.8 Å². The summed E-state index contributed by atoms with van der Waals surface area (Å²) >= 11 is 5.89. The zero-order valence-corrected chi connectivity index (χ0v) is 18.7. The molecule has 2 N–H and O–H groups in total. The van der Waals surface area contributed by atoms with Crippen LogP contribution in [0.25, 0.3) is 0 Å². The van der Waals surface area contributed by atoms with Gasteiger partial charge >= 0.3 is 11.8 Å². The number of anilines is 1. The van der Waals surface area contributed by atoms with Gasteiger partial charge < -0.3 is 14.8 Å². The summed E-state index contributed by atoms with van der Waals surface area (Å²) < 4.78 is 24.2. The Morgan fingerprint density at radius 3 is 2.33 bits per heavy atom. The Bertz CT molecular complexity index is 1170. The summed E-state index contributed by atoms with van der Waals surface area (Å²) in [5, 5.41) is 6.97. The minimum atomic E-state index is -0.964. The van der Waals surface area contributed by atoms with Gasteiger partial charge in [0.1, 0.15) is 12.4 Å². The molecule has 0 atom stereocenters. The van der Waals surface area contributed by atoms with Crippen molar-refractivity contribution in [2.45, 2.75) is 13.5 Å². The fraction of sp³-hybridized carbons (Fsp3) is 0.125. The predicted molar refractivity (Wildman–Crippen MR) is 124 cm³/mol. The molecule has 0 radical (unpaired) electrons. The third-order valence-electron chi connectivity index (χ3n) is 4.52. The van der Waals surface area contributed by atoms with E-state index in [0.29, 0.717) is 34.4 Å². The lowest BCUT2D eigenvalue weighted by molar-refractivity contribution is -0.136. The van der Waals surface area contributed by atoms with Gasteiger partial charge in [-0.05, 0) is 67.1 Å². The number of hydrogen-bond acceptors (Lipinski definition) is 5. The fourth-order valence-electron chi connectivity index (χ4n) is 2.72. The molecule has 2 amide bonds. The summed E-state index contributed by atoms with van der Waals surface area (Å²) in [6.07, 6.45) is 0. The number of benzene rings is 3. The van der Waals surface area contributed by atoms with Crippen molar-refractivity contribution in [2.75, 3.05) is 12.4 Å². The molecule has 170 valence electrons. The molecule has 0 saturated carbocycles. The summed E-state index contributed by atoms with van der Waals surface area (Å²) in [6, 6.07) is 17.5. The molecule has 0 fully saturated rings. The quantitative estimate of drug-likeness (QED) is 0.302. The van der Waals surface area contributed by atoms with Crippen molar-refractivity contribution in [3.63, 3.8) is 0 Å². The van der Waals surface area contributed by atoms with Crippen LogP contribution in [-0.4, -0.2) is 24.6 Å². The van der Waals surface area contributed by atoms with Crippen LogP contribution >= 0.6 is 11.6 Å². The molecule has 0 aliphatic carbocycles. The topological polar surface area (TPSA) is 89.0 Å². The van der Waals surface area contributed by atoms with Gasteiger partial charge in [0.25, 0.3) is 0 Å². The normalized spacial score (nSPS) is 11.0. The van der Waals surface area contributed by atoms with Crippen LogP contribution in [0, 0.1) is 5.82 Å². The largest absolute Gasteiger partial charge is 0.493 e. The Morgan fingerprint density at radius 1 is 0.970 bits per heavy atom. The van der Waals surface area contributed by atoms with E-state index in [1.807, 2.05) is 12.1 Å². The maximum atomic E-state index is 12.9. The molecule has 0 saturated heterocycles. The second-order valence-corrected chi connectivity index (χ2v) is 7.32. The Balaban J connectivity index is 1.61. The van der Waals surface area contributed by atoms with Gasteiger partial charge in [0, 0.05) is 16.3 Å². The van der Waals surface area contributed by atoms with E-state index in [0.717, 1.165) is 5.56 Å². The molecule has 3 aromatic carbocycles. The average Bonchev–Trinajstić information content (AvgIpc) is 2.83. The number of amides is 2. The second-order valence-electron chi connectivity index (χ2n) is 6.88. The van der Waals surface area contributed by atoms with Gasteiger partial charge in [-0.25, -0.2) is 9.82 Å². The molecule has 0 bridgehead atoms. The van der Waals surface area contributed by atoms with Crippen LogP contribution in [0.3, 0.4) is 0 Å². The summed E-state index contributed by atoms with van der Waals surface area (Å²) in [5.41, 5.74) is 4.54. The number of hydrogen-bond donors (Lipinski definition) is 2. The van der Waals surface area contributed by atoms with Gasteiger partial charge in [0.2, 0.25) is 0 Å². The molecule has 9 heteroatoms. The summed E-state index contributed by atoms with van der Waals surface area (Å²) in [6.45, 7) is 2.00. The fourth-order valence-corrected chi connectivity index (χ4v) is 2.85. The summed E-state index contributed by atoms with van der Waals surface area (Å²) in [7, 11) is 1.52. The highest BCUT2D eigenvalue weighted by Crippen LogP contribution is 2.29. The zero-order chi connectivity index (χ0) is 23.8. The van der Waals surface area contributed by atoms with E-state index < -0.39 is 17.6 Å². The molecule has 3 rings (SSSR count). The summed E-state index contributed by atoms with van der Waals surface area (Å²) in [4.78, 5) is 24.0. The predicted octanol–water partition coefficient (Wildman–Crippen LogP) is 4.55. The van der Waals surface area contributed by atoms with Crippen molar-refractivity contribution < 1.29 is 23.5 Å². The van der Waals surface area contributed by atoms with Gasteiger partial charge in [-0.3, -0.25) is 9.59 Å². The zero-order valence-electron chi connectivity index (χ0n) is 17.9.